The molecule has 0 aromatic carbocycles. The van der Waals surface area contributed by atoms with Gasteiger partial charge in [0.05, 0.1) is 0 Å². The Morgan fingerprint density at radius 2 is 0.458 bits per heavy atom. The molecule has 0 saturated carbocycles. The fourth-order valence-electron chi connectivity index (χ4n) is 8.09. The summed E-state index contributed by atoms with van der Waals surface area (Å²) in [6.07, 6.45) is 52.3. The standard InChI is InChI=1S/C53H102O6/c1-4-7-10-13-16-19-21-23-25-27-29-31-34-37-40-43-46-52(55)58-49-50(48-57-51(54)45-42-39-36-33-18-15-12-9-6-3)59-53(56)47-44-41-38-35-32-30-28-26-24-22-20-17-14-11-8-5-2/h50H,4-49H2,1-3H3/t50-/m0/s1. The first-order chi connectivity index (χ1) is 29.0. The van der Waals surface area contributed by atoms with E-state index in [0.717, 1.165) is 57.8 Å². The van der Waals surface area contributed by atoms with Gasteiger partial charge in [0.15, 0.2) is 6.10 Å². The third-order valence-corrected chi connectivity index (χ3v) is 12.1. The van der Waals surface area contributed by atoms with Gasteiger partial charge in [0.25, 0.3) is 0 Å². The van der Waals surface area contributed by atoms with Gasteiger partial charge in [-0.3, -0.25) is 14.4 Å². The average molecular weight is 835 g/mol. The van der Waals surface area contributed by atoms with E-state index in [1.54, 1.807) is 0 Å². The summed E-state index contributed by atoms with van der Waals surface area (Å²) >= 11 is 0. The maximum Gasteiger partial charge on any atom is 0.306 e. The van der Waals surface area contributed by atoms with Crippen LogP contribution in [0.5, 0.6) is 0 Å². The summed E-state index contributed by atoms with van der Waals surface area (Å²) in [7, 11) is 0. The van der Waals surface area contributed by atoms with Crippen molar-refractivity contribution in [2.75, 3.05) is 13.2 Å². The summed E-state index contributed by atoms with van der Waals surface area (Å²) in [5, 5.41) is 0. The number of hydrogen-bond acceptors (Lipinski definition) is 6. The first-order valence-corrected chi connectivity index (χ1v) is 26.5. The van der Waals surface area contributed by atoms with Crippen molar-refractivity contribution in [3.63, 3.8) is 0 Å². The first kappa shape index (κ1) is 57.4. The number of esters is 3. The zero-order chi connectivity index (χ0) is 43.0. The third kappa shape index (κ3) is 47.3. The van der Waals surface area contributed by atoms with E-state index in [1.165, 1.54) is 205 Å². The van der Waals surface area contributed by atoms with Crippen molar-refractivity contribution >= 4 is 17.9 Å². The molecule has 0 heterocycles. The molecule has 0 aliphatic heterocycles. The van der Waals surface area contributed by atoms with Crippen LogP contribution in [0.2, 0.25) is 0 Å². The highest BCUT2D eigenvalue weighted by molar-refractivity contribution is 5.71. The Balaban J connectivity index is 4.24. The Bertz CT molecular complexity index is 874. The van der Waals surface area contributed by atoms with Crippen LogP contribution in [0, 0.1) is 0 Å². The molecule has 6 heteroatoms. The Morgan fingerprint density at radius 1 is 0.271 bits per heavy atom. The topological polar surface area (TPSA) is 78.9 Å². The molecule has 0 amide bonds. The van der Waals surface area contributed by atoms with Crippen LogP contribution >= 0.6 is 0 Å². The van der Waals surface area contributed by atoms with E-state index in [9.17, 15) is 14.4 Å². The van der Waals surface area contributed by atoms with Gasteiger partial charge in [-0.15, -0.1) is 0 Å². The number of hydrogen-bond donors (Lipinski definition) is 0. The van der Waals surface area contributed by atoms with Gasteiger partial charge in [0.1, 0.15) is 13.2 Å². The van der Waals surface area contributed by atoms with E-state index in [2.05, 4.69) is 20.8 Å². The quantitative estimate of drug-likeness (QED) is 0.0345. The number of carbonyl (C=O) groups is 3. The van der Waals surface area contributed by atoms with Gasteiger partial charge in [0, 0.05) is 19.3 Å². The predicted octanol–water partition coefficient (Wildman–Crippen LogP) is 17.2. The van der Waals surface area contributed by atoms with Crippen molar-refractivity contribution in [3.8, 4) is 0 Å². The molecule has 0 N–H and O–H groups in total. The lowest BCUT2D eigenvalue weighted by atomic mass is 10.0. The van der Waals surface area contributed by atoms with Crippen molar-refractivity contribution in [2.45, 2.75) is 309 Å². The minimum Gasteiger partial charge on any atom is -0.462 e. The van der Waals surface area contributed by atoms with Crippen LogP contribution in [0.25, 0.3) is 0 Å². The van der Waals surface area contributed by atoms with Crippen molar-refractivity contribution in [3.05, 3.63) is 0 Å². The van der Waals surface area contributed by atoms with Crippen molar-refractivity contribution in [1.29, 1.82) is 0 Å². The number of carbonyl (C=O) groups excluding carboxylic acids is 3. The van der Waals surface area contributed by atoms with Crippen LogP contribution in [-0.2, 0) is 28.6 Å². The fourth-order valence-corrected chi connectivity index (χ4v) is 8.09. The number of ether oxygens (including phenoxy) is 3. The van der Waals surface area contributed by atoms with Crippen molar-refractivity contribution < 1.29 is 28.6 Å². The van der Waals surface area contributed by atoms with E-state index in [0.29, 0.717) is 19.3 Å². The van der Waals surface area contributed by atoms with Crippen LogP contribution in [-0.4, -0.2) is 37.2 Å². The molecule has 0 aliphatic rings. The maximum atomic E-state index is 12.8. The largest absolute Gasteiger partial charge is 0.462 e. The zero-order valence-electron chi connectivity index (χ0n) is 40.1. The van der Waals surface area contributed by atoms with Crippen LogP contribution in [0.4, 0.5) is 0 Å². The first-order valence-electron chi connectivity index (χ1n) is 26.5. The lowest BCUT2D eigenvalue weighted by Gasteiger charge is -2.18. The highest BCUT2D eigenvalue weighted by atomic mass is 16.6. The monoisotopic (exact) mass is 835 g/mol. The molecule has 6 nitrogen and oxygen atoms in total. The van der Waals surface area contributed by atoms with Gasteiger partial charge >= 0.3 is 17.9 Å². The molecule has 0 rings (SSSR count). The van der Waals surface area contributed by atoms with E-state index in [4.69, 9.17) is 14.2 Å². The molecule has 0 unspecified atom stereocenters. The molecule has 1 atom stereocenters. The second-order valence-electron chi connectivity index (χ2n) is 18.2. The molecule has 0 aromatic rings. The van der Waals surface area contributed by atoms with Crippen LogP contribution in [0.3, 0.4) is 0 Å². The molecule has 350 valence electrons. The molecular formula is C53H102O6. The summed E-state index contributed by atoms with van der Waals surface area (Å²) < 4.78 is 16.8. The summed E-state index contributed by atoms with van der Waals surface area (Å²) in [6, 6.07) is 0. The average Bonchev–Trinajstić information content (AvgIpc) is 3.23. The van der Waals surface area contributed by atoms with Gasteiger partial charge in [0.2, 0.25) is 0 Å². The lowest BCUT2D eigenvalue weighted by molar-refractivity contribution is -0.167. The SMILES string of the molecule is CCCCCCCCCCCCCCCCCCC(=O)OC[C@H](COC(=O)CCCCCCCCCCC)OC(=O)CCCCCCCCCCCCCCCCCC. The summed E-state index contributed by atoms with van der Waals surface area (Å²) in [4.78, 5) is 37.9. The normalized spacial score (nSPS) is 11.8. The second-order valence-corrected chi connectivity index (χ2v) is 18.2. The minimum absolute atomic E-state index is 0.0618. The molecule has 0 aromatic heterocycles. The molecule has 59 heavy (non-hydrogen) atoms. The van der Waals surface area contributed by atoms with E-state index in [-0.39, 0.29) is 31.1 Å². The van der Waals surface area contributed by atoms with Gasteiger partial charge in [-0.05, 0) is 19.3 Å². The molecule has 0 spiro atoms. The maximum absolute atomic E-state index is 12.8. The zero-order valence-corrected chi connectivity index (χ0v) is 40.1. The molecular weight excluding hydrogens is 733 g/mol. The van der Waals surface area contributed by atoms with Gasteiger partial charge in [-0.1, -0.05) is 265 Å². The Hall–Kier alpha value is -1.59. The second kappa shape index (κ2) is 49.1. The van der Waals surface area contributed by atoms with Crippen molar-refractivity contribution in [1.82, 2.24) is 0 Å². The Kier molecular flexibility index (Phi) is 47.7. The van der Waals surface area contributed by atoms with Gasteiger partial charge in [-0.2, -0.15) is 0 Å². The van der Waals surface area contributed by atoms with Gasteiger partial charge < -0.3 is 14.2 Å². The lowest BCUT2D eigenvalue weighted by Crippen LogP contribution is -2.30. The van der Waals surface area contributed by atoms with Crippen LogP contribution in [0.1, 0.15) is 303 Å². The molecule has 0 radical (unpaired) electrons. The Morgan fingerprint density at radius 3 is 0.678 bits per heavy atom. The van der Waals surface area contributed by atoms with E-state index >= 15 is 0 Å². The van der Waals surface area contributed by atoms with Crippen LogP contribution < -0.4 is 0 Å². The van der Waals surface area contributed by atoms with Gasteiger partial charge in [-0.25, -0.2) is 0 Å². The molecule has 0 bridgehead atoms. The summed E-state index contributed by atoms with van der Waals surface area (Å²) in [5.41, 5.74) is 0. The van der Waals surface area contributed by atoms with Crippen molar-refractivity contribution in [2.24, 2.45) is 0 Å². The molecule has 0 saturated heterocycles. The van der Waals surface area contributed by atoms with E-state index in [1.807, 2.05) is 0 Å². The predicted molar refractivity (Wildman–Crippen MR) is 252 cm³/mol. The fraction of sp³-hybridized carbons (Fsp3) is 0.943. The Labute approximate surface area is 368 Å². The highest BCUT2D eigenvalue weighted by Gasteiger charge is 2.19. The van der Waals surface area contributed by atoms with Crippen LogP contribution in [0.15, 0.2) is 0 Å². The number of unbranched alkanes of at least 4 members (excludes halogenated alkanes) is 38. The third-order valence-electron chi connectivity index (χ3n) is 12.1. The van der Waals surface area contributed by atoms with E-state index < -0.39 is 6.10 Å². The smallest absolute Gasteiger partial charge is 0.306 e. The molecule has 0 fully saturated rings. The minimum atomic E-state index is -0.759. The number of rotatable bonds is 49. The highest BCUT2D eigenvalue weighted by Crippen LogP contribution is 2.17. The summed E-state index contributed by atoms with van der Waals surface area (Å²) in [6.45, 7) is 6.67. The molecule has 0 aliphatic carbocycles. The summed E-state index contributed by atoms with van der Waals surface area (Å²) in [5.74, 6) is -0.842.